The number of nitrogens with one attached hydrogen (secondary N) is 4. The number of nitrogens with zero attached hydrogens (tertiary/aromatic N) is 1. The molecule has 5 nitrogen and oxygen atoms in total. The zero-order chi connectivity index (χ0) is 8.36. The van der Waals surface area contributed by atoms with Crippen molar-refractivity contribution in [2.45, 2.75) is 0 Å². The third-order valence-electron chi connectivity index (χ3n) is 0.496. The van der Waals surface area contributed by atoms with Crippen LogP contribution in [0.4, 0.5) is 0 Å². The first-order chi connectivity index (χ1) is 5.41. The summed E-state index contributed by atoms with van der Waals surface area (Å²) in [6, 6.07) is 0. The van der Waals surface area contributed by atoms with E-state index in [0.717, 1.165) is 0 Å². The van der Waals surface area contributed by atoms with Gasteiger partial charge in [-0.25, -0.2) is 9.37 Å². The van der Waals surface area contributed by atoms with E-state index in [-0.39, 0.29) is 0 Å². The lowest BCUT2D eigenvalue weighted by atomic mass is 13.8. The molecule has 0 aromatic heterocycles. The highest BCUT2D eigenvalue weighted by Crippen LogP contribution is 2.19. The summed E-state index contributed by atoms with van der Waals surface area (Å²) in [5, 5.41) is 0. The van der Waals surface area contributed by atoms with E-state index in [1.54, 1.807) is 0 Å². The van der Waals surface area contributed by atoms with Crippen molar-refractivity contribution in [3.8, 4) is 0 Å². The molecule has 11 heteroatoms. The highest BCUT2D eigenvalue weighted by molar-refractivity contribution is 7.61. The Kier molecular flexibility index (Phi) is 14.4. The lowest BCUT2D eigenvalue weighted by molar-refractivity contribution is 1.50. The molecule has 0 saturated carbocycles. The molecule has 0 amide bonds. The minimum atomic E-state index is 0.425. The summed E-state index contributed by atoms with van der Waals surface area (Å²) in [4.78, 5) is 12.3. The second-order valence-electron chi connectivity index (χ2n) is 1.12. The van der Waals surface area contributed by atoms with Crippen LogP contribution < -0.4 is 19.4 Å². The fraction of sp³-hybridized carbons (Fsp3) is 0. The Morgan fingerprint density at radius 2 is 1.73 bits per heavy atom. The summed E-state index contributed by atoms with van der Waals surface area (Å²) >= 11 is 0. The van der Waals surface area contributed by atoms with Crippen molar-refractivity contribution in [2.24, 2.45) is 4.52 Å². The van der Waals surface area contributed by atoms with Crippen molar-refractivity contribution in [3.63, 3.8) is 0 Å². The van der Waals surface area contributed by atoms with E-state index in [1.807, 2.05) is 0 Å². The van der Waals surface area contributed by atoms with Gasteiger partial charge in [0.1, 0.15) is 0 Å². The Hall–Kier alpha value is 2.09. The molecule has 0 radical (unpaired) electrons. The van der Waals surface area contributed by atoms with Gasteiger partial charge >= 0.3 is 0 Å². The summed E-state index contributed by atoms with van der Waals surface area (Å²) in [5.41, 5.74) is 0. The number of hydrogen-bond acceptors (Lipinski definition) is 5. The van der Waals surface area contributed by atoms with Gasteiger partial charge in [-0.2, -0.15) is 0 Å². The Morgan fingerprint density at radius 3 is 2.36 bits per heavy atom. The minimum absolute atomic E-state index is 0.425. The van der Waals surface area contributed by atoms with E-state index >= 15 is 0 Å². The molecule has 0 aliphatic rings. The topological polar surface area (TPSA) is 60.5 Å². The van der Waals surface area contributed by atoms with Crippen LogP contribution in [0.2, 0.25) is 0 Å². The van der Waals surface area contributed by atoms with Crippen LogP contribution in [-0.4, -0.2) is 0 Å². The summed E-state index contributed by atoms with van der Waals surface area (Å²) in [7, 11) is 7.60. The van der Waals surface area contributed by atoms with Gasteiger partial charge in [-0.1, -0.05) is 9.39 Å². The van der Waals surface area contributed by atoms with Crippen LogP contribution in [0.1, 0.15) is 0 Å². The van der Waals surface area contributed by atoms with Crippen LogP contribution in [0.15, 0.2) is 4.52 Å². The average molecular weight is 267 g/mol. The van der Waals surface area contributed by atoms with E-state index < -0.39 is 0 Å². The van der Waals surface area contributed by atoms with E-state index in [9.17, 15) is 0 Å². The van der Waals surface area contributed by atoms with Gasteiger partial charge in [-0.15, -0.1) is 0 Å². The smallest absolute Gasteiger partial charge is 0.0807 e. The third-order valence-corrected chi connectivity index (χ3v) is 4.47. The normalized spacial score (nSPS) is 14.3. The largest absolute Gasteiger partial charge is 0.269 e. The van der Waals surface area contributed by atoms with Gasteiger partial charge in [0, 0.05) is 26.6 Å². The highest BCUT2D eigenvalue weighted by Gasteiger charge is 1.83. The molecule has 0 bridgehead atoms. The van der Waals surface area contributed by atoms with Crippen LogP contribution >= 0.6 is 54.0 Å². The summed E-state index contributed by atoms with van der Waals surface area (Å²) in [6.07, 6.45) is 0. The first-order valence-corrected chi connectivity index (χ1v) is 7.46. The molecule has 0 aromatic rings. The monoisotopic (exact) mass is 267 g/mol. The first kappa shape index (κ1) is 13.1. The lowest BCUT2D eigenvalue weighted by Crippen LogP contribution is -1.99. The van der Waals surface area contributed by atoms with Crippen LogP contribution in [0.3, 0.4) is 0 Å². The predicted molar refractivity (Wildman–Crippen MR) is 66.3 cm³/mol. The molecule has 11 heavy (non-hydrogen) atoms. The molecular weight excluding hydrogens is 256 g/mol. The van der Waals surface area contributed by atoms with Gasteiger partial charge in [0.2, 0.25) is 0 Å². The maximum atomic E-state index is 3.73. The predicted octanol–water partition coefficient (Wildman–Crippen LogP) is 1.50. The minimum Gasteiger partial charge on any atom is -0.269 e. The van der Waals surface area contributed by atoms with Crippen molar-refractivity contribution in [1.82, 2.24) is 19.4 Å². The molecule has 0 aromatic carbocycles. The molecule has 4 N–H and O–H groups in total. The Labute approximate surface area is 78.3 Å². The lowest BCUT2D eigenvalue weighted by Gasteiger charge is -2.04. The fourth-order valence-electron chi connectivity index (χ4n) is 0.217. The van der Waals surface area contributed by atoms with Crippen molar-refractivity contribution in [1.29, 1.82) is 0 Å². The summed E-state index contributed by atoms with van der Waals surface area (Å²) in [6.45, 7) is 0. The molecule has 0 rings (SSSR count). The van der Waals surface area contributed by atoms with Gasteiger partial charge in [-0.3, -0.25) is 14.6 Å². The maximum Gasteiger partial charge on any atom is 0.0807 e. The van der Waals surface area contributed by atoms with Gasteiger partial charge in [0.05, 0.1) is 8.88 Å². The van der Waals surface area contributed by atoms with E-state index in [0.29, 0.717) is 35.5 Å². The Morgan fingerprint density at radius 1 is 1.09 bits per heavy atom. The molecule has 5 unspecified atom stereocenters. The molecular formula is H11N5P6. The standard InChI is InChI=1S/H11N5P6/c6-1-8-3-10-5-11-4-9-2-7/h1,3-5,7-11H,6H2. The average Bonchev–Trinajstić information content (AvgIpc) is 2.03. The second-order valence-corrected chi connectivity index (χ2v) is 7.14. The fourth-order valence-corrected chi connectivity index (χ4v) is 4.23. The quantitative estimate of drug-likeness (QED) is 0.397. The summed E-state index contributed by atoms with van der Waals surface area (Å²) < 4.78 is 3.73. The molecule has 0 spiro atoms. The van der Waals surface area contributed by atoms with Gasteiger partial charge in [0.15, 0.2) is 0 Å². The highest BCUT2D eigenvalue weighted by atomic mass is 31.2. The zero-order valence-corrected chi connectivity index (χ0v) is 11.7. The second kappa shape index (κ2) is 12.1. The zero-order valence-electron chi connectivity index (χ0n) is 5.52. The summed E-state index contributed by atoms with van der Waals surface area (Å²) in [5.74, 6) is 0. The molecule has 0 heterocycles. The Balaban J connectivity index is 2.74. The van der Waals surface area contributed by atoms with Crippen molar-refractivity contribution in [2.75, 3.05) is 0 Å². The molecule has 0 saturated heterocycles. The van der Waals surface area contributed by atoms with Crippen LogP contribution in [0.5, 0.6) is 0 Å². The molecule has 0 aliphatic carbocycles. The van der Waals surface area contributed by atoms with E-state index in [2.05, 4.69) is 42.4 Å². The number of rotatable bonds is 8. The molecule has 5 atom stereocenters. The van der Waals surface area contributed by atoms with Crippen molar-refractivity contribution >= 4 is 54.0 Å². The SMILES string of the molecule is P=NPNPNPNPNP. The van der Waals surface area contributed by atoms with Crippen LogP contribution in [0, 0.1) is 0 Å². The Bertz CT molecular complexity index is 85.0. The van der Waals surface area contributed by atoms with Gasteiger partial charge in [-0.05, 0) is 9.03 Å². The van der Waals surface area contributed by atoms with E-state index in [1.165, 1.54) is 0 Å². The molecule has 66 valence electrons. The maximum absolute atomic E-state index is 3.73. The number of hydrogen-bond donors (Lipinski definition) is 4. The molecule has 0 aliphatic heterocycles. The van der Waals surface area contributed by atoms with Crippen LogP contribution in [0.25, 0.3) is 0 Å². The third kappa shape index (κ3) is 12.1. The van der Waals surface area contributed by atoms with Crippen LogP contribution in [-0.2, 0) is 0 Å². The molecule has 0 fully saturated rings. The van der Waals surface area contributed by atoms with E-state index in [4.69, 9.17) is 0 Å². The van der Waals surface area contributed by atoms with Gasteiger partial charge < -0.3 is 0 Å². The van der Waals surface area contributed by atoms with Gasteiger partial charge in [0.25, 0.3) is 0 Å². The first-order valence-electron chi connectivity index (χ1n) is 2.49. The van der Waals surface area contributed by atoms with Crippen molar-refractivity contribution < 1.29 is 0 Å². The van der Waals surface area contributed by atoms with Crippen molar-refractivity contribution in [3.05, 3.63) is 0 Å².